The average molecular weight is 267 g/mol. The van der Waals surface area contributed by atoms with Gasteiger partial charge in [-0.2, -0.15) is 0 Å². The van der Waals surface area contributed by atoms with Gasteiger partial charge in [-0.3, -0.25) is 0 Å². The Labute approximate surface area is 114 Å². The molecule has 0 spiro atoms. The lowest BCUT2D eigenvalue weighted by atomic mass is 10.2. The number of benzene rings is 1. The van der Waals surface area contributed by atoms with Crippen molar-refractivity contribution in [3.05, 3.63) is 35.9 Å². The normalized spacial score (nSPS) is 10.2. The van der Waals surface area contributed by atoms with Crippen LogP contribution < -0.4 is 5.32 Å². The van der Waals surface area contributed by atoms with Gasteiger partial charge in [0.05, 0.1) is 0 Å². The zero-order chi connectivity index (χ0) is 12.3. The Morgan fingerprint density at radius 2 is 1.94 bits per heavy atom. The summed E-state index contributed by atoms with van der Waals surface area (Å²) in [4.78, 5) is 0. The third-order valence-electron chi connectivity index (χ3n) is 2.51. The van der Waals surface area contributed by atoms with E-state index in [0.717, 1.165) is 16.6 Å². The molecule has 0 amide bonds. The topological polar surface area (TPSA) is 12.0 Å². The Morgan fingerprint density at radius 3 is 2.65 bits per heavy atom. The summed E-state index contributed by atoms with van der Waals surface area (Å²) < 4.78 is 0.922. The van der Waals surface area contributed by atoms with Crippen LogP contribution in [0.4, 0.5) is 0 Å². The molecule has 3 heteroatoms. The molecule has 1 aromatic carbocycles. The Morgan fingerprint density at radius 1 is 1.18 bits per heavy atom. The van der Waals surface area contributed by atoms with E-state index in [1.54, 1.807) is 11.8 Å². The van der Waals surface area contributed by atoms with E-state index in [9.17, 15) is 0 Å². The molecule has 0 fully saturated rings. The van der Waals surface area contributed by atoms with Crippen LogP contribution in [0.25, 0.3) is 0 Å². The van der Waals surface area contributed by atoms with Crippen molar-refractivity contribution in [2.75, 3.05) is 6.54 Å². The minimum Gasteiger partial charge on any atom is -0.371 e. The Bertz CT molecular complexity index is 311. The van der Waals surface area contributed by atoms with Crippen LogP contribution >= 0.6 is 24.0 Å². The molecule has 0 unspecified atom stereocenters. The Balaban J connectivity index is 2.05. The lowest BCUT2D eigenvalue weighted by Crippen LogP contribution is -2.19. The minimum absolute atomic E-state index is 0.922. The van der Waals surface area contributed by atoms with Crippen molar-refractivity contribution in [2.45, 2.75) is 38.4 Å². The number of hydrogen-bond donors (Lipinski definition) is 1. The van der Waals surface area contributed by atoms with Crippen molar-refractivity contribution >= 4 is 28.3 Å². The summed E-state index contributed by atoms with van der Waals surface area (Å²) in [6, 6.07) is 10.4. The molecule has 0 saturated carbocycles. The second-order valence-corrected chi connectivity index (χ2v) is 5.70. The summed E-state index contributed by atoms with van der Waals surface area (Å²) >= 11 is 7.00. The molecular formula is C14H21NS2. The van der Waals surface area contributed by atoms with E-state index in [0.29, 0.717) is 0 Å². The van der Waals surface area contributed by atoms with Gasteiger partial charge in [-0.05, 0) is 12.0 Å². The van der Waals surface area contributed by atoms with Gasteiger partial charge in [-0.1, -0.05) is 80.5 Å². The first-order valence-corrected chi connectivity index (χ1v) is 7.67. The first-order valence-electron chi connectivity index (χ1n) is 6.27. The monoisotopic (exact) mass is 267 g/mol. The highest BCUT2D eigenvalue weighted by atomic mass is 32.2. The number of hydrogen-bond acceptors (Lipinski definition) is 2. The van der Waals surface area contributed by atoms with Crippen LogP contribution in [0.15, 0.2) is 30.3 Å². The predicted octanol–water partition coefficient (Wildman–Crippen LogP) is 4.37. The highest BCUT2D eigenvalue weighted by molar-refractivity contribution is 8.22. The molecule has 0 saturated heterocycles. The summed E-state index contributed by atoms with van der Waals surface area (Å²) in [5.74, 6) is 0.960. The fourth-order valence-electron chi connectivity index (χ4n) is 1.52. The Hall–Kier alpha value is -0.540. The quantitative estimate of drug-likeness (QED) is 0.582. The van der Waals surface area contributed by atoms with Crippen LogP contribution in [-0.4, -0.2) is 10.9 Å². The fraction of sp³-hybridized carbons (Fsp3) is 0.500. The van der Waals surface area contributed by atoms with Gasteiger partial charge in [-0.15, -0.1) is 0 Å². The summed E-state index contributed by atoms with van der Waals surface area (Å²) in [6.45, 7) is 3.24. The molecule has 1 nitrogen and oxygen atoms in total. The maximum atomic E-state index is 5.28. The van der Waals surface area contributed by atoms with E-state index >= 15 is 0 Å². The van der Waals surface area contributed by atoms with E-state index < -0.39 is 0 Å². The van der Waals surface area contributed by atoms with Crippen molar-refractivity contribution in [1.29, 1.82) is 0 Å². The molecule has 1 aromatic rings. The molecule has 94 valence electrons. The molecule has 0 aliphatic rings. The molecule has 1 N–H and O–H groups in total. The van der Waals surface area contributed by atoms with Gasteiger partial charge in [0.2, 0.25) is 0 Å². The number of thiocarbonyl (C=S) groups is 1. The average Bonchev–Trinajstić information content (AvgIpc) is 2.37. The number of unbranched alkanes of at least 4 members (excludes halogenated alkanes) is 3. The lowest BCUT2D eigenvalue weighted by molar-refractivity contribution is 0.657. The maximum Gasteiger partial charge on any atom is 0.134 e. The van der Waals surface area contributed by atoms with Crippen LogP contribution in [0.5, 0.6) is 0 Å². The van der Waals surface area contributed by atoms with Crippen molar-refractivity contribution in [3.8, 4) is 0 Å². The van der Waals surface area contributed by atoms with E-state index in [1.807, 2.05) is 6.07 Å². The minimum atomic E-state index is 0.922. The van der Waals surface area contributed by atoms with Crippen molar-refractivity contribution in [2.24, 2.45) is 0 Å². The summed E-state index contributed by atoms with van der Waals surface area (Å²) in [6.07, 6.45) is 5.13. The second kappa shape index (κ2) is 9.49. The van der Waals surface area contributed by atoms with E-state index in [4.69, 9.17) is 12.2 Å². The SMILES string of the molecule is CCCCCCNC(=S)SCc1ccccc1. The molecule has 0 aliphatic heterocycles. The summed E-state index contributed by atoms with van der Waals surface area (Å²) in [5, 5.41) is 3.31. The van der Waals surface area contributed by atoms with Crippen LogP contribution in [0.1, 0.15) is 38.2 Å². The molecule has 0 heterocycles. The Kier molecular flexibility index (Phi) is 8.10. The van der Waals surface area contributed by atoms with Gasteiger partial charge >= 0.3 is 0 Å². The highest BCUT2D eigenvalue weighted by Gasteiger charge is 1.98. The van der Waals surface area contributed by atoms with Crippen LogP contribution in [0.2, 0.25) is 0 Å². The number of nitrogens with one attached hydrogen (secondary N) is 1. The van der Waals surface area contributed by atoms with E-state index in [-0.39, 0.29) is 0 Å². The predicted molar refractivity (Wildman–Crippen MR) is 82.5 cm³/mol. The molecule has 0 atom stereocenters. The largest absolute Gasteiger partial charge is 0.371 e. The zero-order valence-electron chi connectivity index (χ0n) is 10.4. The van der Waals surface area contributed by atoms with Crippen LogP contribution in [0.3, 0.4) is 0 Å². The van der Waals surface area contributed by atoms with Gasteiger partial charge in [0.25, 0.3) is 0 Å². The fourth-order valence-corrected chi connectivity index (χ4v) is 2.49. The molecular weight excluding hydrogens is 246 g/mol. The zero-order valence-corrected chi connectivity index (χ0v) is 12.1. The third-order valence-corrected chi connectivity index (χ3v) is 3.89. The third kappa shape index (κ3) is 7.40. The number of rotatable bonds is 7. The molecule has 17 heavy (non-hydrogen) atoms. The van der Waals surface area contributed by atoms with Crippen LogP contribution in [0, 0.1) is 0 Å². The van der Waals surface area contributed by atoms with Gasteiger partial charge < -0.3 is 5.32 Å². The number of thioether (sulfide) groups is 1. The molecule has 0 bridgehead atoms. The van der Waals surface area contributed by atoms with E-state index in [1.165, 1.54) is 31.2 Å². The van der Waals surface area contributed by atoms with Crippen molar-refractivity contribution in [3.63, 3.8) is 0 Å². The van der Waals surface area contributed by atoms with Gasteiger partial charge in [0.15, 0.2) is 0 Å². The first-order chi connectivity index (χ1) is 8.33. The lowest BCUT2D eigenvalue weighted by Gasteiger charge is -2.07. The second-order valence-electron chi connectivity index (χ2n) is 4.05. The van der Waals surface area contributed by atoms with E-state index in [2.05, 4.69) is 36.5 Å². The molecule has 0 aromatic heterocycles. The van der Waals surface area contributed by atoms with Gasteiger partial charge in [0, 0.05) is 12.3 Å². The molecule has 1 rings (SSSR count). The van der Waals surface area contributed by atoms with Crippen molar-refractivity contribution < 1.29 is 0 Å². The standard InChI is InChI=1S/C14H21NS2/c1-2-3-4-8-11-15-14(16)17-12-13-9-6-5-7-10-13/h5-7,9-10H,2-4,8,11-12H2,1H3,(H,15,16). The summed E-state index contributed by atoms with van der Waals surface area (Å²) in [7, 11) is 0. The van der Waals surface area contributed by atoms with Crippen molar-refractivity contribution in [1.82, 2.24) is 5.32 Å². The van der Waals surface area contributed by atoms with Crippen LogP contribution in [-0.2, 0) is 5.75 Å². The van der Waals surface area contributed by atoms with Gasteiger partial charge in [0.1, 0.15) is 4.32 Å². The smallest absolute Gasteiger partial charge is 0.134 e. The maximum absolute atomic E-state index is 5.28. The first kappa shape index (κ1) is 14.5. The molecule has 0 aliphatic carbocycles. The summed E-state index contributed by atoms with van der Waals surface area (Å²) in [5.41, 5.74) is 1.33. The highest BCUT2D eigenvalue weighted by Crippen LogP contribution is 2.12. The van der Waals surface area contributed by atoms with Gasteiger partial charge in [-0.25, -0.2) is 0 Å². The molecule has 0 radical (unpaired) electrons.